The molecule has 0 bridgehead atoms. The molecule has 2 nitrogen and oxygen atoms in total. The third-order valence-corrected chi connectivity index (χ3v) is 3.53. The molecule has 0 aliphatic carbocycles. The molecule has 0 N–H and O–H groups in total. The number of likely N-dealkylation sites (tertiary alicyclic amines) is 1. The Morgan fingerprint density at radius 3 is 2.29 bits per heavy atom. The molecule has 0 spiro atoms. The zero-order valence-electron chi connectivity index (χ0n) is 10.3. The molecule has 1 fully saturated rings. The molecule has 0 radical (unpaired) electrons. The normalized spacial score (nSPS) is 30.2. The highest BCUT2D eigenvalue weighted by molar-refractivity contribution is 4.84. The molecule has 14 heavy (non-hydrogen) atoms. The largest absolute Gasteiger partial charge is 0.380 e. The monoisotopic (exact) mass is 199 g/mol. The van der Waals surface area contributed by atoms with Crippen LogP contribution in [0.25, 0.3) is 0 Å². The standard InChI is InChI=1S/C12H25NO/c1-9(2)11-6-7-13(10(3)4)8-12(11)14-5/h9-12H,6-8H2,1-5H3/t11-,12+/m0/s1. The van der Waals surface area contributed by atoms with Gasteiger partial charge in [0.2, 0.25) is 0 Å². The van der Waals surface area contributed by atoms with E-state index in [0.717, 1.165) is 18.4 Å². The van der Waals surface area contributed by atoms with Gasteiger partial charge in [-0.25, -0.2) is 0 Å². The van der Waals surface area contributed by atoms with E-state index < -0.39 is 0 Å². The maximum Gasteiger partial charge on any atom is 0.0729 e. The van der Waals surface area contributed by atoms with Gasteiger partial charge >= 0.3 is 0 Å². The summed E-state index contributed by atoms with van der Waals surface area (Å²) in [4.78, 5) is 2.52. The van der Waals surface area contributed by atoms with Crippen LogP contribution in [0, 0.1) is 11.8 Å². The van der Waals surface area contributed by atoms with E-state index in [4.69, 9.17) is 4.74 Å². The summed E-state index contributed by atoms with van der Waals surface area (Å²) < 4.78 is 5.60. The number of methoxy groups -OCH3 is 1. The molecule has 84 valence electrons. The second kappa shape index (κ2) is 5.13. The minimum Gasteiger partial charge on any atom is -0.380 e. The number of hydrogen-bond donors (Lipinski definition) is 0. The van der Waals surface area contributed by atoms with Crippen molar-refractivity contribution in [3.63, 3.8) is 0 Å². The Bertz CT molecular complexity index is 168. The van der Waals surface area contributed by atoms with Crippen LogP contribution in [0.2, 0.25) is 0 Å². The minimum absolute atomic E-state index is 0.436. The van der Waals surface area contributed by atoms with E-state index in [1.54, 1.807) is 0 Å². The fraction of sp³-hybridized carbons (Fsp3) is 1.00. The van der Waals surface area contributed by atoms with Gasteiger partial charge in [-0.3, -0.25) is 4.90 Å². The Morgan fingerprint density at radius 2 is 1.86 bits per heavy atom. The molecule has 1 aliphatic rings. The molecule has 0 aromatic rings. The van der Waals surface area contributed by atoms with Crippen molar-refractivity contribution in [3.8, 4) is 0 Å². The van der Waals surface area contributed by atoms with Crippen LogP contribution in [0.1, 0.15) is 34.1 Å². The van der Waals surface area contributed by atoms with Crippen molar-refractivity contribution < 1.29 is 4.74 Å². The van der Waals surface area contributed by atoms with Gasteiger partial charge in [-0.05, 0) is 38.6 Å². The molecule has 2 atom stereocenters. The first-order valence-corrected chi connectivity index (χ1v) is 5.83. The highest BCUT2D eigenvalue weighted by Gasteiger charge is 2.31. The first-order valence-electron chi connectivity index (χ1n) is 5.83. The van der Waals surface area contributed by atoms with Gasteiger partial charge in [-0.15, -0.1) is 0 Å². The third kappa shape index (κ3) is 2.71. The van der Waals surface area contributed by atoms with Crippen LogP contribution in [0.15, 0.2) is 0 Å². The maximum absolute atomic E-state index is 5.60. The quantitative estimate of drug-likeness (QED) is 0.692. The van der Waals surface area contributed by atoms with Crippen LogP contribution in [-0.4, -0.2) is 37.2 Å². The van der Waals surface area contributed by atoms with Crippen molar-refractivity contribution in [2.24, 2.45) is 11.8 Å². The Labute approximate surface area is 88.6 Å². The van der Waals surface area contributed by atoms with Gasteiger partial charge < -0.3 is 4.74 Å². The lowest BCUT2D eigenvalue weighted by Gasteiger charge is -2.41. The van der Waals surface area contributed by atoms with E-state index >= 15 is 0 Å². The summed E-state index contributed by atoms with van der Waals surface area (Å²) in [6.45, 7) is 11.5. The summed E-state index contributed by atoms with van der Waals surface area (Å²) in [7, 11) is 1.85. The topological polar surface area (TPSA) is 12.5 Å². The van der Waals surface area contributed by atoms with Crippen molar-refractivity contribution >= 4 is 0 Å². The zero-order valence-corrected chi connectivity index (χ0v) is 10.3. The Morgan fingerprint density at radius 1 is 1.21 bits per heavy atom. The Hall–Kier alpha value is -0.0800. The first-order chi connectivity index (χ1) is 6.56. The lowest BCUT2D eigenvalue weighted by Crippen LogP contribution is -2.48. The van der Waals surface area contributed by atoms with Crippen molar-refractivity contribution in [1.82, 2.24) is 4.90 Å². The fourth-order valence-electron chi connectivity index (χ4n) is 2.44. The summed E-state index contributed by atoms with van der Waals surface area (Å²) in [6.07, 6.45) is 1.72. The molecule has 1 aliphatic heterocycles. The Balaban J connectivity index is 2.54. The van der Waals surface area contributed by atoms with E-state index in [0.29, 0.717) is 12.1 Å². The Kier molecular flexibility index (Phi) is 4.39. The van der Waals surface area contributed by atoms with Crippen LogP contribution in [0.5, 0.6) is 0 Å². The van der Waals surface area contributed by atoms with E-state index in [1.165, 1.54) is 13.0 Å². The summed E-state index contributed by atoms with van der Waals surface area (Å²) in [5.41, 5.74) is 0. The number of ether oxygens (including phenoxy) is 1. The number of nitrogens with zero attached hydrogens (tertiary/aromatic N) is 1. The summed E-state index contributed by atoms with van der Waals surface area (Å²) in [5.74, 6) is 1.49. The van der Waals surface area contributed by atoms with E-state index in [1.807, 2.05) is 7.11 Å². The summed E-state index contributed by atoms with van der Waals surface area (Å²) in [5, 5.41) is 0. The van der Waals surface area contributed by atoms with Gasteiger partial charge in [0.25, 0.3) is 0 Å². The van der Waals surface area contributed by atoms with Gasteiger partial charge in [0.05, 0.1) is 6.10 Å². The lowest BCUT2D eigenvalue weighted by molar-refractivity contribution is -0.0352. The smallest absolute Gasteiger partial charge is 0.0729 e. The van der Waals surface area contributed by atoms with Gasteiger partial charge in [-0.1, -0.05) is 13.8 Å². The minimum atomic E-state index is 0.436. The number of hydrogen-bond acceptors (Lipinski definition) is 2. The van der Waals surface area contributed by atoms with Crippen molar-refractivity contribution in [3.05, 3.63) is 0 Å². The molecular formula is C12H25NO. The van der Waals surface area contributed by atoms with Crippen molar-refractivity contribution in [1.29, 1.82) is 0 Å². The van der Waals surface area contributed by atoms with Crippen LogP contribution < -0.4 is 0 Å². The van der Waals surface area contributed by atoms with Gasteiger partial charge in [0, 0.05) is 19.7 Å². The van der Waals surface area contributed by atoms with E-state index in [9.17, 15) is 0 Å². The predicted molar refractivity (Wildman–Crippen MR) is 60.5 cm³/mol. The first kappa shape index (κ1) is 12.0. The van der Waals surface area contributed by atoms with Crippen LogP contribution >= 0.6 is 0 Å². The SMILES string of the molecule is CO[C@@H]1CN(C(C)C)CC[C@H]1C(C)C. The van der Waals surface area contributed by atoms with E-state index in [-0.39, 0.29) is 0 Å². The zero-order chi connectivity index (χ0) is 10.7. The van der Waals surface area contributed by atoms with E-state index in [2.05, 4.69) is 32.6 Å². The molecule has 0 unspecified atom stereocenters. The second-order valence-corrected chi connectivity index (χ2v) is 5.06. The summed E-state index contributed by atoms with van der Waals surface area (Å²) >= 11 is 0. The summed E-state index contributed by atoms with van der Waals surface area (Å²) in [6, 6.07) is 0.653. The highest BCUT2D eigenvalue weighted by Crippen LogP contribution is 2.27. The highest BCUT2D eigenvalue weighted by atomic mass is 16.5. The molecule has 0 saturated carbocycles. The average molecular weight is 199 g/mol. The predicted octanol–water partition coefficient (Wildman–Crippen LogP) is 2.39. The molecule has 1 heterocycles. The third-order valence-electron chi connectivity index (χ3n) is 3.53. The van der Waals surface area contributed by atoms with Crippen LogP contribution in [-0.2, 0) is 4.74 Å². The van der Waals surface area contributed by atoms with Crippen molar-refractivity contribution in [2.75, 3.05) is 20.2 Å². The number of piperidine rings is 1. The molecule has 2 heteroatoms. The second-order valence-electron chi connectivity index (χ2n) is 5.06. The molecule has 1 rings (SSSR count). The fourth-order valence-corrected chi connectivity index (χ4v) is 2.44. The van der Waals surface area contributed by atoms with Crippen LogP contribution in [0.4, 0.5) is 0 Å². The molecular weight excluding hydrogens is 174 g/mol. The number of rotatable bonds is 3. The molecule has 0 aromatic heterocycles. The molecule has 1 saturated heterocycles. The van der Waals surface area contributed by atoms with Crippen LogP contribution in [0.3, 0.4) is 0 Å². The maximum atomic E-state index is 5.60. The molecule has 0 aromatic carbocycles. The van der Waals surface area contributed by atoms with Crippen molar-refractivity contribution in [2.45, 2.75) is 46.3 Å². The lowest BCUT2D eigenvalue weighted by atomic mass is 9.84. The van der Waals surface area contributed by atoms with Gasteiger partial charge in [0.1, 0.15) is 0 Å². The van der Waals surface area contributed by atoms with Gasteiger partial charge in [-0.2, -0.15) is 0 Å². The average Bonchev–Trinajstić information content (AvgIpc) is 2.16. The molecule has 0 amide bonds. The van der Waals surface area contributed by atoms with Gasteiger partial charge in [0.15, 0.2) is 0 Å².